The number of ether oxygens (including phenoxy) is 1. The van der Waals surface area contributed by atoms with Gasteiger partial charge in [-0.15, -0.1) is 0 Å². The molecule has 1 aromatic heterocycles. The van der Waals surface area contributed by atoms with E-state index < -0.39 is 0 Å². The number of benzene rings is 2. The largest absolute Gasteiger partial charge is 0.469 e. The highest BCUT2D eigenvalue weighted by Crippen LogP contribution is 2.34. The number of amides is 1. The average molecular weight is 336 g/mol. The molecule has 1 aliphatic rings. The maximum Gasteiger partial charge on any atom is 0.311 e. The highest BCUT2D eigenvalue weighted by Gasteiger charge is 2.35. The number of carbonyl (C=O) groups excluding carboxylic acids is 2. The SMILES string of the molecule is CCn1c2ccccc2c2cc(N3CC(C(=O)OC)CC3=O)ccc21. The number of para-hydroxylation sites is 1. The molecule has 0 spiro atoms. The van der Waals surface area contributed by atoms with E-state index in [1.54, 1.807) is 4.90 Å². The zero-order chi connectivity index (χ0) is 17.6. The second-order valence-corrected chi connectivity index (χ2v) is 6.39. The highest BCUT2D eigenvalue weighted by molar-refractivity contribution is 6.10. The Morgan fingerprint density at radius 3 is 2.68 bits per heavy atom. The van der Waals surface area contributed by atoms with Gasteiger partial charge < -0.3 is 14.2 Å². The number of carbonyl (C=O) groups is 2. The van der Waals surface area contributed by atoms with Crippen molar-refractivity contribution in [2.75, 3.05) is 18.6 Å². The molecule has 5 nitrogen and oxygen atoms in total. The Balaban J connectivity index is 1.81. The van der Waals surface area contributed by atoms with Gasteiger partial charge in [-0.3, -0.25) is 9.59 Å². The fourth-order valence-electron chi connectivity index (χ4n) is 3.83. The third kappa shape index (κ3) is 2.38. The van der Waals surface area contributed by atoms with Crippen molar-refractivity contribution in [3.05, 3.63) is 42.5 Å². The number of hydrogen-bond donors (Lipinski definition) is 0. The fraction of sp³-hybridized carbons (Fsp3) is 0.300. The molecule has 0 saturated carbocycles. The molecule has 1 atom stereocenters. The number of aromatic nitrogens is 1. The zero-order valence-electron chi connectivity index (χ0n) is 14.4. The van der Waals surface area contributed by atoms with Crippen LogP contribution in [0.5, 0.6) is 0 Å². The molecule has 1 unspecified atom stereocenters. The third-order valence-electron chi connectivity index (χ3n) is 5.04. The Morgan fingerprint density at radius 1 is 1.16 bits per heavy atom. The summed E-state index contributed by atoms with van der Waals surface area (Å²) in [5, 5.41) is 2.31. The molecule has 0 radical (unpaired) electrons. The van der Waals surface area contributed by atoms with Crippen LogP contribution in [-0.2, 0) is 20.9 Å². The van der Waals surface area contributed by atoms with Crippen LogP contribution >= 0.6 is 0 Å². The predicted molar refractivity (Wildman–Crippen MR) is 97.6 cm³/mol. The summed E-state index contributed by atoms with van der Waals surface area (Å²) in [5.74, 6) is -0.737. The molecular weight excluding hydrogens is 316 g/mol. The Kier molecular flexibility index (Phi) is 3.71. The minimum atomic E-state index is -0.384. The Bertz CT molecular complexity index is 989. The Labute approximate surface area is 145 Å². The van der Waals surface area contributed by atoms with Crippen LogP contribution in [0.15, 0.2) is 42.5 Å². The number of aryl methyl sites for hydroxylation is 1. The number of methoxy groups -OCH3 is 1. The van der Waals surface area contributed by atoms with Crippen LogP contribution in [0.1, 0.15) is 13.3 Å². The number of fused-ring (bicyclic) bond motifs is 3. The summed E-state index contributed by atoms with van der Waals surface area (Å²) >= 11 is 0. The molecule has 1 amide bonds. The minimum Gasteiger partial charge on any atom is -0.469 e. The first-order chi connectivity index (χ1) is 12.1. The van der Waals surface area contributed by atoms with E-state index in [9.17, 15) is 9.59 Å². The van der Waals surface area contributed by atoms with Gasteiger partial charge in [0.05, 0.1) is 13.0 Å². The van der Waals surface area contributed by atoms with Crippen molar-refractivity contribution in [1.29, 1.82) is 0 Å². The molecule has 1 saturated heterocycles. The summed E-state index contributed by atoms with van der Waals surface area (Å²) in [5.41, 5.74) is 3.18. The van der Waals surface area contributed by atoms with E-state index in [2.05, 4.69) is 35.8 Å². The quantitative estimate of drug-likeness (QED) is 0.689. The molecule has 0 bridgehead atoms. The molecule has 0 N–H and O–H groups in total. The standard InChI is InChI=1S/C20H20N2O3/c1-3-21-17-7-5-4-6-15(17)16-11-14(8-9-18(16)21)22-12-13(10-19(22)23)20(24)25-2/h4-9,11,13H,3,10,12H2,1-2H3. The summed E-state index contributed by atoms with van der Waals surface area (Å²) < 4.78 is 7.07. The van der Waals surface area contributed by atoms with Crippen LogP contribution in [0.4, 0.5) is 5.69 Å². The van der Waals surface area contributed by atoms with Crippen LogP contribution in [-0.4, -0.2) is 30.1 Å². The topological polar surface area (TPSA) is 51.5 Å². The predicted octanol–water partition coefficient (Wildman–Crippen LogP) is 3.34. The van der Waals surface area contributed by atoms with E-state index in [4.69, 9.17) is 4.74 Å². The van der Waals surface area contributed by atoms with Crippen molar-refractivity contribution in [3.8, 4) is 0 Å². The number of nitrogens with zero attached hydrogens (tertiary/aromatic N) is 2. The Morgan fingerprint density at radius 2 is 1.92 bits per heavy atom. The monoisotopic (exact) mass is 336 g/mol. The number of esters is 1. The van der Waals surface area contributed by atoms with Crippen molar-refractivity contribution in [3.63, 3.8) is 0 Å². The molecule has 2 heterocycles. The molecule has 0 aliphatic carbocycles. The molecule has 2 aromatic carbocycles. The summed E-state index contributed by atoms with van der Waals surface area (Å²) in [6, 6.07) is 14.4. The van der Waals surface area contributed by atoms with Crippen molar-refractivity contribution in [2.24, 2.45) is 5.92 Å². The van der Waals surface area contributed by atoms with Crippen molar-refractivity contribution < 1.29 is 14.3 Å². The third-order valence-corrected chi connectivity index (χ3v) is 5.04. The van der Waals surface area contributed by atoms with E-state index >= 15 is 0 Å². The van der Waals surface area contributed by atoms with E-state index in [-0.39, 0.29) is 24.2 Å². The van der Waals surface area contributed by atoms with Gasteiger partial charge in [-0.05, 0) is 31.2 Å². The molecule has 4 rings (SSSR count). The first-order valence-corrected chi connectivity index (χ1v) is 8.53. The van der Waals surface area contributed by atoms with Gasteiger partial charge in [0.15, 0.2) is 0 Å². The lowest BCUT2D eigenvalue weighted by molar-refractivity contribution is -0.145. The molecule has 25 heavy (non-hydrogen) atoms. The average Bonchev–Trinajstić information content (AvgIpc) is 3.18. The molecule has 1 aliphatic heterocycles. The lowest BCUT2D eigenvalue weighted by Crippen LogP contribution is -2.26. The molecule has 128 valence electrons. The van der Waals surface area contributed by atoms with Crippen LogP contribution in [0.25, 0.3) is 21.8 Å². The normalized spacial score (nSPS) is 17.6. The van der Waals surface area contributed by atoms with Crippen LogP contribution in [0, 0.1) is 5.92 Å². The van der Waals surface area contributed by atoms with Gasteiger partial charge in [0.1, 0.15) is 0 Å². The lowest BCUT2D eigenvalue weighted by Gasteiger charge is -2.16. The molecule has 5 heteroatoms. The summed E-state index contributed by atoms with van der Waals surface area (Å²) in [7, 11) is 1.36. The second-order valence-electron chi connectivity index (χ2n) is 6.39. The van der Waals surface area contributed by atoms with Gasteiger partial charge in [-0.2, -0.15) is 0 Å². The van der Waals surface area contributed by atoms with E-state index in [1.807, 2.05) is 18.2 Å². The summed E-state index contributed by atoms with van der Waals surface area (Å²) in [6.07, 6.45) is 0.210. The lowest BCUT2D eigenvalue weighted by atomic mass is 10.1. The van der Waals surface area contributed by atoms with Crippen LogP contribution in [0.2, 0.25) is 0 Å². The number of anilines is 1. The first-order valence-electron chi connectivity index (χ1n) is 8.53. The van der Waals surface area contributed by atoms with Gasteiger partial charge >= 0.3 is 5.97 Å². The summed E-state index contributed by atoms with van der Waals surface area (Å²) in [4.78, 5) is 25.8. The highest BCUT2D eigenvalue weighted by atomic mass is 16.5. The van der Waals surface area contributed by atoms with E-state index in [1.165, 1.54) is 18.0 Å². The van der Waals surface area contributed by atoms with E-state index in [0.717, 1.165) is 23.1 Å². The summed E-state index contributed by atoms with van der Waals surface area (Å²) in [6.45, 7) is 3.39. The smallest absolute Gasteiger partial charge is 0.311 e. The van der Waals surface area contributed by atoms with Crippen LogP contribution in [0.3, 0.4) is 0 Å². The number of hydrogen-bond acceptors (Lipinski definition) is 3. The minimum absolute atomic E-state index is 0.0334. The van der Waals surface area contributed by atoms with Gasteiger partial charge in [0, 0.05) is 47.0 Å². The van der Waals surface area contributed by atoms with Crippen LogP contribution < -0.4 is 4.90 Å². The first kappa shape index (κ1) is 15.7. The van der Waals surface area contributed by atoms with Crippen molar-refractivity contribution in [1.82, 2.24) is 4.57 Å². The van der Waals surface area contributed by atoms with Gasteiger partial charge in [0.25, 0.3) is 0 Å². The fourth-order valence-corrected chi connectivity index (χ4v) is 3.83. The van der Waals surface area contributed by atoms with Gasteiger partial charge in [0.2, 0.25) is 5.91 Å². The Hall–Kier alpha value is -2.82. The number of rotatable bonds is 3. The second kappa shape index (κ2) is 5.92. The maximum absolute atomic E-state index is 12.4. The van der Waals surface area contributed by atoms with E-state index in [0.29, 0.717) is 6.54 Å². The van der Waals surface area contributed by atoms with Gasteiger partial charge in [-0.1, -0.05) is 18.2 Å². The van der Waals surface area contributed by atoms with Crippen molar-refractivity contribution >= 4 is 39.4 Å². The maximum atomic E-state index is 12.4. The zero-order valence-corrected chi connectivity index (χ0v) is 14.4. The van der Waals surface area contributed by atoms with Crippen molar-refractivity contribution in [2.45, 2.75) is 19.9 Å². The molecular formula is C20H20N2O3. The molecule has 3 aromatic rings. The van der Waals surface area contributed by atoms with Gasteiger partial charge in [-0.25, -0.2) is 0 Å². The molecule has 1 fully saturated rings.